The number of nitrogens with two attached hydrogens (primary N) is 1. The summed E-state index contributed by atoms with van der Waals surface area (Å²) < 4.78 is 0. The Labute approximate surface area is 104 Å². The average molecular weight is 233 g/mol. The van der Waals surface area contributed by atoms with Gasteiger partial charge in [0.2, 0.25) is 0 Å². The Bertz CT molecular complexity index is 328. The summed E-state index contributed by atoms with van der Waals surface area (Å²) in [5.41, 5.74) is 7.64. The van der Waals surface area contributed by atoms with Crippen LogP contribution in [-0.2, 0) is 0 Å². The van der Waals surface area contributed by atoms with Crippen LogP contribution >= 0.6 is 0 Å². The van der Waals surface area contributed by atoms with Crippen molar-refractivity contribution < 1.29 is 0 Å². The Balaban J connectivity index is 1.78. The quantitative estimate of drug-likeness (QED) is 0.785. The number of nitrogen functional groups attached to an aromatic ring is 1. The third kappa shape index (κ3) is 3.63. The van der Waals surface area contributed by atoms with E-state index in [0.717, 1.165) is 17.9 Å². The van der Waals surface area contributed by atoms with Crippen molar-refractivity contribution in [2.75, 3.05) is 30.7 Å². The van der Waals surface area contributed by atoms with Crippen molar-refractivity contribution in [1.29, 1.82) is 0 Å². The lowest BCUT2D eigenvalue weighted by atomic mass is 10.1. The van der Waals surface area contributed by atoms with Gasteiger partial charge in [-0.3, -0.25) is 4.90 Å². The molecule has 3 nitrogen and oxygen atoms in total. The summed E-state index contributed by atoms with van der Waals surface area (Å²) in [7, 11) is 0. The lowest BCUT2D eigenvalue weighted by molar-refractivity contribution is 0.180. The standard InChI is InChI=1S/C14H23N3/c1-12(17-9-3-2-4-10-17)11-16-14-7-5-13(15)6-8-14/h5-8,12,16H,2-4,9-11,15H2,1H3. The molecule has 94 valence electrons. The molecule has 0 aromatic heterocycles. The highest BCUT2D eigenvalue weighted by Crippen LogP contribution is 2.14. The largest absolute Gasteiger partial charge is 0.399 e. The summed E-state index contributed by atoms with van der Waals surface area (Å²) in [6.45, 7) is 5.81. The molecule has 0 saturated carbocycles. The summed E-state index contributed by atoms with van der Waals surface area (Å²) in [4.78, 5) is 2.58. The zero-order valence-corrected chi connectivity index (χ0v) is 10.7. The van der Waals surface area contributed by atoms with E-state index >= 15 is 0 Å². The van der Waals surface area contributed by atoms with E-state index in [2.05, 4.69) is 17.1 Å². The van der Waals surface area contributed by atoms with Gasteiger partial charge >= 0.3 is 0 Å². The first-order chi connectivity index (χ1) is 8.25. The normalized spacial score (nSPS) is 18.9. The summed E-state index contributed by atoms with van der Waals surface area (Å²) >= 11 is 0. The molecule has 1 saturated heterocycles. The molecule has 1 aromatic carbocycles. The van der Waals surface area contributed by atoms with Crippen LogP contribution in [0.5, 0.6) is 0 Å². The highest BCUT2D eigenvalue weighted by Gasteiger charge is 2.15. The van der Waals surface area contributed by atoms with Crippen LogP contribution in [0.2, 0.25) is 0 Å². The van der Waals surface area contributed by atoms with Gasteiger partial charge in [0.15, 0.2) is 0 Å². The molecule has 1 fully saturated rings. The third-order valence-corrected chi connectivity index (χ3v) is 3.53. The second-order valence-corrected chi connectivity index (χ2v) is 4.95. The van der Waals surface area contributed by atoms with Crippen LogP contribution in [-0.4, -0.2) is 30.6 Å². The second-order valence-electron chi connectivity index (χ2n) is 4.95. The molecule has 17 heavy (non-hydrogen) atoms. The molecule has 1 atom stereocenters. The molecule has 0 spiro atoms. The van der Waals surface area contributed by atoms with E-state index in [4.69, 9.17) is 5.73 Å². The summed E-state index contributed by atoms with van der Waals surface area (Å²) in [6.07, 6.45) is 4.10. The summed E-state index contributed by atoms with van der Waals surface area (Å²) in [5, 5.41) is 3.47. The molecule has 1 unspecified atom stereocenters. The van der Waals surface area contributed by atoms with E-state index in [-0.39, 0.29) is 0 Å². The van der Waals surface area contributed by atoms with Crippen molar-refractivity contribution in [1.82, 2.24) is 4.90 Å². The van der Waals surface area contributed by atoms with Gasteiger partial charge in [-0.15, -0.1) is 0 Å². The maximum absolute atomic E-state index is 5.66. The Morgan fingerprint density at radius 2 is 1.82 bits per heavy atom. The zero-order chi connectivity index (χ0) is 12.1. The average Bonchev–Trinajstić information content (AvgIpc) is 2.39. The van der Waals surface area contributed by atoms with Gasteiger partial charge in [-0.05, 0) is 57.1 Å². The van der Waals surface area contributed by atoms with E-state index in [0.29, 0.717) is 6.04 Å². The minimum atomic E-state index is 0.604. The molecule has 1 aliphatic rings. The van der Waals surface area contributed by atoms with E-state index in [9.17, 15) is 0 Å². The topological polar surface area (TPSA) is 41.3 Å². The van der Waals surface area contributed by atoms with Crippen molar-refractivity contribution in [3.05, 3.63) is 24.3 Å². The molecule has 0 radical (unpaired) electrons. The molecular formula is C14H23N3. The monoisotopic (exact) mass is 233 g/mol. The lowest BCUT2D eigenvalue weighted by Crippen LogP contribution is -2.41. The minimum absolute atomic E-state index is 0.604. The van der Waals surface area contributed by atoms with Gasteiger partial charge in [0.25, 0.3) is 0 Å². The van der Waals surface area contributed by atoms with Crippen molar-refractivity contribution in [3.63, 3.8) is 0 Å². The Morgan fingerprint density at radius 3 is 2.47 bits per heavy atom. The first kappa shape index (κ1) is 12.2. The minimum Gasteiger partial charge on any atom is -0.399 e. The highest BCUT2D eigenvalue weighted by molar-refractivity contribution is 5.51. The number of benzene rings is 1. The van der Waals surface area contributed by atoms with E-state index in [1.54, 1.807) is 0 Å². The van der Waals surface area contributed by atoms with Crippen molar-refractivity contribution in [2.24, 2.45) is 0 Å². The zero-order valence-electron chi connectivity index (χ0n) is 10.7. The summed E-state index contributed by atoms with van der Waals surface area (Å²) in [6, 6.07) is 8.56. The fraction of sp³-hybridized carbons (Fsp3) is 0.571. The third-order valence-electron chi connectivity index (χ3n) is 3.53. The van der Waals surface area contributed by atoms with E-state index in [1.165, 1.54) is 32.4 Å². The maximum atomic E-state index is 5.66. The molecule has 3 N–H and O–H groups in total. The van der Waals surface area contributed by atoms with E-state index in [1.807, 2.05) is 24.3 Å². The number of anilines is 2. The van der Waals surface area contributed by atoms with Crippen molar-refractivity contribution >= 4 is 11.4 Å². The van der Waals surface area contributed by atoms with Gasteiger partial charge in [0, 0.05) is 24.0 Å². The Morgan fingerprint density at radius 1 is 1.18 bits per heavy atom. The lowest BCUT2D eigenvalue weighted by Gasteiger charge is -2.32. The molecule has 1 aromatic rings. The number of nitrogens with zero attached hydrogens (tertiary/aromatic N) is 1. The molecule has 3 heteroatoms. The molecule has 1 heterocycles. The fourth-order valence-corrected chi connectivity index (χ4v) is 2.35. The van der Waals surface area contributed by atoms with Crippen LogP contribution < -0.4 is 11.1 Å². The molecule has 2 rings (SSSR count). The van der Waals surface area contributed by atoms with Gasteiger partial charge in [0.1, 0.15) is 0 Å². The van der Waals surface area contributed by atoms with Gasteiger partial charge in [-0.1, -0.05) is 6.42 Å². The molecule has 0 aliphatic carbocycles. The second kappa shape index (κ2) is 5.92. The molecule has 0 bridgehead atoms. The van der Waals surface area contributed by atoms with Crippen LogP contribution in [0.25, 0.3) is 0 Å². The van der Waals surface area contributed by atoms with Crippen molar-refractivity contribution in [3.8, 4) is 0 Å². The van der Waals surface area contributed by atoms with Crippen molar-refractivity contribution in [2.45, 2.75) is 32.2 Å². The molecule has 1 aliphatic heterocycles. The van der Waals surface area contributed by atoms with Crippen LogP contribution in [0.15, 0.2) is 24.3 Å². The Kier molecular flexibility index (Phi) is 4.26. The highest BCUT2D eigenvalue weighted by atomic mass is 15.2. The fourth-order valence-electron chi connectivity index (χ4n) is 2.35. The van der Waals surface area contributed by atoms with Gasteiger partial charge < -0.3 is 11.1 Å². The molecular weight excluding hydrogens is 210 g/mol. The van der Waals surface area contributed by atoms with Crippen LogP contribution in [0.1, 0.15) is 26.2 Å². The van der Waals surface area contributed by atoms with Gasteiger partial charge in [-0.2, -0.15) is 0 Å². The predicted molar refractivity (Wildman–Crippen MR) is 74.2 cm³/mol. The van der Waals surface area contributed by atoms with Gasteiger partial charge in [-0.25, -0.2) is 0 Å². The number of nitrogens with one attached hydrogen (secondary N) is 1. The SMILES string of the molecule is CC(CNc1ccc(N)cc1)N1CCCCC1. The summed E-state index contributed by atoms with van der Waals surface area (Å²) in [5.74, 6) is 0. The number of hydrogen-bond donors (Lipinski definition) is 2. The van der Waals surface area contributed by atoms with Gasteiger partial charge in [0.05, 0.1) is 0 Å². The van der Waals surface area contributed by atoms with Crippen LogP contribution in [0.3, 0.4) is 0 Å². The predicted octanol–water partition coefficient (Wildman–Crippen LogP) is 2.56. The smallest absolute Gasteiger partial charge is 0.0342 e. The first-order valence-corrected chi connectivity index (χ1v) is 6.59. The first-order valence-electron chi connectivity index (χ1n) is 6.59. The number of hydrogen-bond acceptors (Lipinski definition) is 3. The van der Waals surface area contributed by atoms with Crippen LogP contribution in [0.4, 0.5) is 11.4 Å². The van der Waals surface area contributed by atoms with E-state index < -0.39 is 0 Å². The number of rotatable bonds is 4. The number of piperidine rings is 1. The molecule has 0 amide bonds. The van der Waals surface area contributed by atoms with Crippen LogP contribution in [0, 0.1) is 0 Å². The number of likely N-dealkylation sites (tertiary alicyclic amines) is 1. The maximum Gasteiger partial charge on any atom is 0.0342 e. The Hall–Kier alpha value is -1.22.